The minimum atomic E-state index is 0.466. The molecule has 0 unspecified atom stereocenters. The van der Waals surface area contributed by atoms with Crippen LogP contribution in [0.3, 0.4) is 0 Å². The summed E-state index contributed by atoms with van der Waals surface area (Å²) in [5.74, 6) is 7.19. The lowest BCUT2D eigenvalue weighted by Crippen LogP contribution is -2.22. The average molecular weight is 414 g/mol. The summed E-state index contributed by atoms with van der Waals surface area (Å²) in [5.41, 5.74) is 5.16. The third-order valence-electron chi connectivity index (χ3n) is 6.41. The van der Waals surface area contributed by atoms with Crippen molar-refractivity contribution in [2.45, 2.75) is 77.7 Å². The number of hydrogen-bond acceptors (Lipinski definition) is 2. The van der Waals surface area contributed by atoms with Crippen molar-refractivity contribution in [3.05, 3.63) is 70.3 Å². The molecule has 0 spiro atoms. The van der Waals surface area contributed by atoms with Crippen molar-refractivity contribution >= 4 is 0 Å². The van der Waals surface area contributed by atoms with E-state index in [1.807, 2.05) is 6.07 Å². The van der Waals surface area contributed by atoms with E-state index in [9.17, 15) is 5.26 Å². The predicted molar refractivity (Wildman–Crippen MR) is 128 cm³/mol. The van der Waals surface area contributed by atoms with Crippen LogP contribution in [0.1, 0.15) is 86.6 Å². The maximum atomic E-state index is 9.65. The Hall–Kier alpha value is -2.55. The Morgan fingerprint density at radius 2 is 1.65 bits per heavy atom. The van der Waals surface area contributed by atoms with E-state index in [1.165, 1.54) is 44.1 Å². The first-order chi connectivity index (χ1) is 15.2. The number of ether oxygens (including phenoxy) is 1. The third-order valence-corrected chi connectivity index (χ3v) is 6.41. The zero-order chi connectivity index (χ0) is 21.9. The van der Waals surface area contributed by atoms with Crippen LogP contribution < -0.4 is 0 Å². The summed E-state index contributed by atoms with van der Waals surface area (Å²) in [6.07, 6.45) is 10.9. The number of rotatable bonds is 8. The molecule has 31 heavy (non-hydrogen) atoms. The van der Waals surface area contributed by atoms with Crippen molar-refractivity contribution in [2.75, 3.05) is 6.61 Å². The minimum Gasteiger partial charge on any atom is -0.378 e. The van der Waals surface area contributed by atoms with E-state index >= 15 is 0 Å². The van der Waals surface area contributed by atoms with Gasteiger partial charge in [0.15, 0.2) is 0 Å². The van der Waals surface area contributed by atoms with Crippen molar-refractivity contribution in [3.63, 3.8) is 0 Å². The van der Waals surface area contributed by atoms with Crippen LogP contribution in [0.2, 0.25) is 0 Å². The van der Waals surface area contributed by atoms with Gasteiger partial charge in [0.05, 0.1) is 17.7 Å². The van der Waals surface area contributed by atoms with E-state index in [0.29, 0.717) is 6.10 Å². The summed E-state index contributed by atoms with van der Waals surface area (Å²) in [6, 6.07) is 16.9. The van der Waals surface area contributed by atoms with E-state index < -0.39 is 0 Å². The molecule has 0 bridgehead atoms. The molecule has 0 saturated heterocycles. The standard InChI is InChI=1S/C29H35NO/c1-3-5-20-31-29-18-14-25(15-19-29)12-16-27-17-13-26(21-28(27)22-30)11-10-24-8-6-23(4-2)7-9-24/h6-9,13,17,21,25,29H,3-5,12,14-16,18-20H2,1-2H3. The zero-order valence-electron chi connectivity index (χ0n) is 19.1. The molecule has 0 radical (unpaired) electrons. The maximum Gasteiger partial charge on any atom is 0.0994 e. The summed E-state index contributed by atoms with van der Waals surface area (Å²) in [4.78, 5) is 0. The molecule has 1 saturated carbocycles. The first-order valence-electron chi connectivity index (χ1n) is 12.0. The molecule has 0 aromatic heterocycles. The normalized spacial score (nSPS) is 18.1. The second-order valence-electron chi connectivity index (χ2n) is 8.69. The van der Waals surface area contributed by atoms with Gasteiger partial charge in [-0.15, -0.1) is 0 Å². The van der Waals surface area contributed by atoms with E-state index in [0.717, 1.165) is 54.0 Å². The van der Waals surface area contributed by atoms with Crippen LogP contribution in [-0.2, 0) is 17.6 Å². The number of aryl methyl sites for hydroxylation is 2. The van der Waals surface area contributed by atoms with Crippen molar-refractivity contribution < 1.29 is 4.74 Å². The molecule has 2 heteroatoms. The first kappa shape index (κ1) is 23.1. The molecule has 2 aromatic carbocycles. The lowest BCUT2D eigenvalue weighted by atomic mass is 9.83. The Morgan fingerprint density at radius 3 is 2.32 bits per heavy atom. The fraction of sp³-hybridized carbons (Fsp3) is 0.483. The van der Waals surface area contributed by atoms with E-state index in [4.69, 9.17) is 4.74 Å². The van der Waals surface area contributed by atoms with Crippen LogP contribution in [0.15, 0.2) is 42.5 Å². The van der Waals surface area contributed by atoms with Crippen LogP contribution >= 0.6 is 0 Å². The monoisotopic (exact) mass is 413 g/mol. The fourth-order valence-electron chi connectivity index (χ4n) is 4.29. The minimum absolute atomic E-state index is 0.466. The Labute approximate surface area is 188 Å². The summed E-state index contributed by atoms with van der Waals surface area (Å²) in [6.45, 7) is 5.27. The highest BCUT2D eigenvalue weighted by molar-refractivity contribution is 5.49. The molecule has 0 N–H and O–H groups in total. The van der Waals surface area contributed by atoms with Gasteiger partial charge in [-0.25, -0.2) is 0 Å². The maximum absolute atomic E-state index is 9.65. The molecule has 0 atom stereocenters. The van der Waals surface area contributed by atoms with Crippen molar-refractivity contribution in [1.82, 2.24) is 0 Å². The van der Waals surface area contributed by atoms with Gasteiger partial charge in [-0.05, 0) is 92.7 Å². The molecule has 2 aromatic rings. The van der Waals surface area contributed by atoms with Gasteiger partial charge in [-0.3, -0.25) is 0 Å². The summed E-state index contributed by atoms with van der Waals surface area (Å²) in [5, 5.41) is 9.65. The van der Waals surface area contributed by atoms with Crippen LogP contribution in [0.4, 0.5) is 0 Å². The second-order valence-corrected chi connectivity index (χ2v) is 8.69. The molecule has 2 nitrogen and oxygen atoms in total. The van der Waals surface area contributed by atoms with Crippen LogP contribution in [-0.4, -0.2) is 12.7 Å². The molecule has 1 aliphatic rings. The Balaban J connectivity index is 1.53. The summed E-state index contributed by atoms with van der Waals surface area (Å²) in [7, 11) is 0. The van der Waals surface area contributed by atoms with Gasteiger partial charge in [0.25, 0.3) is 0 Å². The Bertz CT molecular complexity index is 918. The van der Waals surface area contributed by atoms with E-state index in [2.05, 4.69) is 68.2 Å². The number of benzene rings is 2. The number of nitrogens with zero attached hydrogens (tertiary/aromatic N) is 1. The molecular formula is C29H35NO. The highest BCUT2D eigenvalue weighted by atomic mass is 16.5. The quantitative estimate of drug-likeness (QED) is 0.351. The molecule has 1 aliphatic carbocycles. The van der Waals surface area contributed by atoms with Crippen LogP contribution in [0, 0.1) is 29.1 Å². The lowest BCUT2D eigenvalue weighted by Gasteiger charge is -2.28. The topological polar surface area (TPSA) is 33.0 Å². The molecule has 0 aliphatic heterocycles. The number of hydrogen-bond donors (Lipinski definition) is 0. The highest BCUT2D eigenvalue weighted by Crippen LogP contribution is 2.30. The Morgan fingerprint density at radius 1 is 0.935 bits per heavy atom. The summed E-state index contributed by atoms with van der Waals surface area (Å²) >= 11 is 0. The summed E-state index contributed by atoms with van der Waals surface area (Å²) < 4.78 is 5.99. The van der Waals surface area contributed by atoms with Gasteiger partial charge in [0.2, 0.25) is 0 Å². The highest BCUT2D eigenvalue weighted by Gasteiger charge is 2.21. The molecule has 1 fully saturated rings. The third kappa shape index (κ3) is 7.27. The Kier molecular flexibility index (Phi) is 9.20. The van der Waals surface area contributed by atoms with Crippen molar-refractivity contribution in [1.29, 1.82) is 5.26 Å². The van der Waals surface area contributed by atoms with Crippen LogP contribution in [0.5, 0.6) is 0 Å². The predicted octanol–water partition coefficient (Wildman–Crippen LogP) is 6.83. The first-order valence-corrected chi connectivity index (χ1v) is 12.0. The number of nitriles is 1. The van der Waals surface area contributed by atoms with Gasteiger partial charge in [-0.1, -0.05) is 50.3 Å². The van der Waals surface area contributed by atoms with E-state index in [1.54, 1.807) is 0 Å². The molecular weight excluding hydrogens is 378 g/mol. The molecule has 3 rings (SSSR count). The van der Waals surface area contributed by atoms with Gasteiger partial charge < -0.3 is 4.74 Å². The lowest BCUT2D eigenvalue weighted by molar-refractivity contribution is 0.0159. The van der Waals surface area contributed by atoms with Crippen molar-refractivity contribution in [2.24, 2.45) is 5.92 Å². The fourth-order valence-corrected chi connectivity index (χ4v) is 4.29. The smallest absolute Gasteiger partial charge is 0.0994 e. The van der Waals surface area contributed by atoms with E-state index in [-0.39, 0.29) is 0 Å². The average Bonchev–Trinajstić information content (AvgIpc) is 2.83. The van der Waals surface area contributed by atoms with Crippen molar-refractivity contribution in [3.8, 4) is 17.9 Å². The molecule has 0 amide bonds. The van der Waals surface area contributed by atoms with Gasteiger partial charge in [0.1, 0.15) is 0 Å². The molecule has 162 valence electrons. The van der Waals surface area contributed by atoms with Crippen LogP contribution in [0.25, 0.3) is 0 Å². The second kappa shape index (κ2) is 12.3. The number of unbranched alkanes of at least 4 members (excludes halogenated alkanes) is 1. The van der Waals surface area contributed by atoms with Gasteiger partial charge in [-0.2, -0.15) is 5.26 Å². The molecule has 0 heterocycles. The van der Waals surface area contributed by atoms with Gasteiger partial charge >= 0.3 is 0 Å². The SMILES string of the molecule is CCCCOC1CCC(CCc2ccc(C#Cc3ccc(CC)cc3)cc2C#N)CC1. The largest absolute Gasteiger partial charge is 0.378 e. The zero-order valence-corrected chi connectivity index (χ0v) is 19.1. The van der Waals surface area contributed by atoms with Gasteiger partial charge in [0, 0.05) is 17.7 Å².